The third-order valence-corrected chi connectivity index (χ3v) is 4.38. The van der Waals surface area contributed by atoms with Crippen molar-refractivity contribution in [2.24, 2.45) is 0 Å². The zero-order valence-electron chi connectivity index (χ0n) is 13.2. The van der Waals surface area contributed by atoms with Crippen LogP contribution in [-0.4, -0.2) is 0 Å². The van der Waals surface area contributed by atoms with Crippen molar-refractivity contribution >= 4 is 38.1 Å². The third-order valence-electron chi connectivity index (χ3n) is 3.85. The number of anilines is 2. The van der Waals surface area contributed by atoms with Crippen LogP contribution in [0.2, 0.25) is 0 Å². The minimum Gasteiger partial charge on any atom is -0.355 e. The van der Waals surface area contributed by atoms with E-state index in [1.54, 1.807) is 0 Å². The number of hydrogen-bond acceptors (Lipinski definition) is 1. The molecule has 112 valence electrons. The highest BCUT2D eigenvalue weighted by atomic mass is 79.9. The third kappa shape index (κ3) is 3.17. The summed E-state index contributed by atoms with van der Waals surface area (Å²) < 4.78 is 1.09. The van der Waals surface area contributed by atoms with E-state index in [2.05, 4.69) is 103 Å². The first-order chi connectivity index (χ1) is 10.4. The van der Waals surface area contributed by atoms with E-state index >= 15 is 0 Å². The minimum absolute atomic E-state index is 0.125. The van der Waals surface area contributed by atoms with Crippen LogP contribution in [0.1, 0.15) is 26.3 Å². The molecule has 0 aliphatic rings. The average Bonchev–Trinajstić information content (AvgIpc) is 2.48. The summed E-state index contributed by atoms with van der Waals surface area (Å²) in [7, 11) is 0. The molecule has 0 heterocycles. The fourth-order valence-electron chi connectivity index (χ4n) is 2.54. The van der Waals surface area contributed by atoms with Crippen LogP contribution in [0.5, 0.6) is 0 Å². The summed E-state index contributed by atoms with van der Waals surface area (Å²) in [6, 6.07) is 21.4. The maximum absolute atomic E-state index is 3.57. The molecule has 0 aromatic heterocycles. The maximum Gasteiger partial charge on any atom is 0.0466 e. The Labute approximate surface area is 140 Å². The number of fused-ring (bicyclic) bond motifs is 1. The summed E-state index contributed by atoms with van der Waals surface area (Å²) in [5.74, 6) is 0. The van der Waals surface area contributed by atoms with Crippen LogP contribution >= 0.6 is 15.9 Å². The molecule has 0 saturated heterocycles. The lowest BCUT2D eigenvalue weighted by molar-refractivity contribution is 0.591. The second-order valence-corrected chi connectivity index (χ2v) is 7.54. The van der Waals surface area contributed by atoms with Crippen LogP contribution in [0.25, 0.3) is 10.8 Å². The Morgan fingerprint density at radius 2 is 1.55 bits per heavy atom. The fourth-order valence-corrected chi connectivity index (χ4v) is 2.80. The summed E-state index contributed by atoms with van der Waals surface area (Å²) in [5.41, 5.74) is 3.72. The van der Waals surface area contributed by atoms with Gasteiger partial charge >= 0.3 is 0 Å². The lowest BCUT2D eigenvalue weighted by atomic mass is 9.85. The monoisotopic (exact) mass is 353 g/mol. The SMILES string of the molecule is CC(C)(C)c1cc(Nc2ccc(Br)cc2)c2ccccc2c1. The maximum atomic E-state index is 3.57. The Morgan fingerprint density at radius 1 is 0.864 bits per heavy atom. The van der Waals surface area contributed by atoms with Gasteiger partial charge in [-0.2, -0.15) is 0 Å². The van der Waals surface area contributed by atoms with Crippen LogP contribution in [0.15, 0.2) is 65.1 Å². The number of benzene rings is 3. The van der Waals surface area contributed by atoms with Gasteiger partial charge in [0.05, 0.1) is 0 Å². The van der Waals surface area contributed by atoms with Gasteiger partial charge in [0.1, 0.15) is 0 Å². The van der Waals surface area contributed by atoms with Gasteiger partial charge in [-0.15, -0.1) is 0 Å². The molecule has 3 rings (SSSR count). The molecule has 0 aliphatic carbocycles. The first-order valence-electron chi connectivity index (χ1n) is 7.49. The summed E-state index contributed by atoms with van der Waals surface area (Å²) in [4.78, 5) is 0. The smallest absolute Gasteiger partial charge is 0.0466 e. The Bertz CT molecular complexity index is 798. The molecule has 3 aromatic carbocycles. The first-order valence-corrected chi connectivity index (χ1v) is 8.29. The van der Waals surface area contributed by atoms with Gasteiger partial charge < -0.3 is 5.32 Å². The minimum atomic E-state index is 0.125. The number of rotatable bonds is 2. The molecule has 22 heavy (non-hydrogen) atoms. The van der Waals surface area contributed by atoms with E-state index in [9.17, 15) is 0 Å². The second kappa shape index (κ2) is 5.77. The largest absolute Gasteiger partial charge is 0.355 e. The van der Waals surface area contributed by atoms with Crippen molar-refractivity contribution in [2.75, 3.05) is 5.32 Å². The highest BCUT2D eigenvalue weighted by molar-refractivity contribution is 9.10. The van der Waals surface area contributed by atoms with Crippen LogP contribution in [0.3, 0.4) is 0 Å². The molecule has 0 fully saturated rings. The van der Waals surface area contributed by atoms with Crippen molar-refractivity contribution < 1.29 is 0 Å². The molecule has 0 aliphatic heterocycles. The van der Waals surface area contributed by atoms with E-state index in [1.807, 2.05) is 0 Å². The Kier molecular flexibility index (Phi) is 3.96. The number of halogens is 1. The van der Waals surface area contributed by atoms with Gasteiger partial charge in [0.15, 0.2) is 0 Å². The van der Waals surface area contributed by atoms with E-state index in [0.29, 0.717) is 0 Å². The van der Waals surface area contributed by atoms with Gasteiger partial charge in [-0.05, 0) is 46.7 Å². The Hall–Kier alpha value is -1.80. The Balaban J connectivity index is 2.12. The van der Waals surface area contributed by atoms with Crippen LogP contribution in [0.4, 0.5) is 11.4 Å². The van der Waals surface area contributed by atoms with E-state index < -0.39 is 0 Å². The molecule has 1 N–H and O–H groups in total. The molecular weight excluding hydrogens is 334 g/mol. The fraction of sp³-hybridized carbons (Fsp3) is 0.200. The molecule has 0 spiro atoms. The van der Waals surface area contributed by atoms with E-state index in [4.69, 9.17) is 0 Å². The van der Waals surface area contributed by atoms with Gasteiger partial charge in [-0.3, -0.25) is 0 Å². The Morgan fingerprint density at radius 3 is 2.23 bits per heavy atom. The molecule has 2 heteroatoms. The summed E-state index contributed by atoms with van der Waals surface area (Å²) >= 11 is 3.48. The molecule has 0 atom stereocenters. The number of nitrogens with one attached hydrogen (secondary N) is 1. The highest BCUT2D eigenvalue weighted by Gasteiger charge is 2.16. The molecule has 3 aromatic rings. The van der Waals surface area contributed by atoms with E-state index in [1.165, 1.54) is 16.3 Å². The lowest BCUT2D eigenvalue weighted by Crippen LogP contribution is -2.11. The average molecular weight is 354 g/mol. The van der Waals surface area contributed by atoms with Crippen molar-refractivity contribution in [1.82, 2.24) is 0 Å². The van der Waals surface area contributed by atoms with Crippen molar-refractivity contribution in [3.8, 4) is 0 Å². The number of hydrogen-bond donors (Lipinski definition) is 1. The molecule has 0 saturated carbocycles. The topological polar surface area (TPSA) is 12.0 Å². The van der Waals surface area contributed by atoms with Gasteiger partial charge in [-0.1, -0.05) is 67.0 Å². The summed E-state index contributed by atoms with van der Waals surface area (Å²) in [6.45, 7) is 6.75. The molecule has 0 amide bonds. The highest BCUT2D eigenvalue weighted by Crippen LogP contribution is 2.33. The van der Waals surface area contributed by atoms with Gasteiger partial charge in [-0.25, -0.2) is 0 Å². The molecule has 1 nitrogen and oxygen atoms in total. The molecule has 0 bridgehead atoms. The molecule has 0 radical (unpaired) electrons. The summed E-state index contributed by atoms with van der Waals surface area (Å²) in [5, 5.41) is 6.09. The quantitative estimate of drug-likeness (QED) is 0.544. The predicted octanol–water partition coefficient (Wildman–Crippen LogP) is 6.64. The van der Waals surface area contributed by atoms with Crippen LogP contribution in [0, 0.1) is 0 Å². The zero-order chi connectivity index (χ0) is 15.7. The van der Waals surface area contributed by atoms with Crippen LogP contribution in [-0.2, 0) is 5.41 Å². The van der Waals surface area contributed by atoms with Crippen LogP contribution < -0.4 is 5.32 Å². The van der Waals surface area contributed by atoms with E-state index in [-0.39, 0.29) is 5.41 Å². The van der Waals surface area contributed by atoms with Crippen molar-refractivity contribution in [3.05, 3.63) is 70.7 Å². The lowest BCUT2D eigenvalue weighted by Gasteiger charge is -2.22. The molecule has 0 unspecified atom stereocenters. The summed E-state index contributed by atoms with van der Waals surface area (Å²) in [6.07, 6.45) is 0. The van der Waals surface area contributed by atoms with Gasteiger partial charge in [0.25, 0.3) is 0 Å². The zero-order valence-corrected chi connectivity index (χ0v) is 14.7. The second-order valence-electron chi connectivity index (χ2n) is 6.63. The molecular formula is C20H20BrN. The standard InChI is InChI=1S/C20H20BrN/c1-20(2,3)15-12-14-6-4-5-7-18(14)19(13-15)22-17-10-8-16(21)9-11-17/h4-13,22H,1-3H3. The van der Waals surface area contributed by atoms with Gasteiger partial charge in [0.2, 0.25) is 0 Å². The first kappa shape index (κ1) is 15.1. The normalized spacial score (nSPS) is 11.6. The van der Waals surface area contributed by atoms with Gasteiger partial charge in [0, 0.05) is 21.2 Å². The van der Waals surface area contributed by atoms with Crippen molar-refractivity contribution in [2.45, 2.75) is 26.2 Å². The van der Waals surface area contributed by atoms with Crippen molar-refractivity contribution in [1.29, 1.82) is 0 Å². The predicted molar refractivity (Wildman–Crippen MR) is 100 cm³/mol. The van der Waals surface area contributed by atoms with E-state index in [0.717, 1.165) is 15.8 Å². The van der Waals surface area contributed by atoms with Crippen molar-refractivity contribution in [3.63, 3.8) is 0 Å².